The highest BCUT2D eigenvalue weighted by Gasteiger charge is 2.28. The Morgan fingerprint density at radius 1 is 1.06 bits per heavy atom. The van der Waals surface area contributed by atoms with Crippen LogP contribution in [0.3, 0.4) is 0 Å². The maximum atomic E-state index is 5.60. The van der Waals surface area contributed by atoms with Crippen LogP contribution in [0.2, 0.25) is 0 Å². The fraction of sp³-hybridized carbons (Fsp3) is 0.708. The summed E-state index contributed by atoms with van der Waals surface area (Å²) in [7, 11) is 0. The molecule has 32 heavy (non-hydrogen) atoms. The lowest BCUT2D eigenvalue weighted by atomic mass is 10.0. The van der Waals surface area contributed by atoms with E-state index in [1.54, 1.807) is 0 Å². The number of nitrogens with zero attached hydrogens (tertiary/aromatic N) is 3. The smallest absolute Gasteiger partial charge is 0.191 e. The molecule has 2 fully saturated rings. The summed E-state index contributed by atoms with van der Waals surface area (Å²) in [6.45, 7) is 18.3. The molecule has 0 saturated carbocycles. The van der Waals surface area contributed by atoms with Crippen molar-refractivity contribution in [3.63, 3.8) is 0 Å². The summed E-state index contributed by atoms with van der Waals surface area (Å²) in [5, 5.41) is 7.06. The molecular weight excluding hydrogens is 517 g/mol. The zero-order valence-corrected chi connectivity index (χ0v) is 22.6. The average molecular weight is 560 g/mol. The molecule has 8 heteroatoms. The van der Waals surface area contributed by atoms with Crippen molar-refractivity contribution >= 4 is 29.9 Å². The largest absolute Gasteiger partial charge is 0.379 e. The van der Waals surface area contributed by atoms with Crippen molar-refractivity contribution in [2.45, 2.75) is 39.3 Å². The summed E-state index contributed by atoms with van der Waals surface area (Å²) in [4.78, 5) is 9.96. The monoisotopic (exact) mass is 559 g/mol. The van der Waals surface area contributed by atoms with Gasteiger partial charge in [-0.3, -0.25) is 14.8 Å². The molecule has 1 unspecified atom stereocenters. The van der Waals surface area contributed by atoms with Crippen LogP contribution in [0.4, 0.5) is 0 Å². The van der Waals surface area contributed by atoms with Gasteiger partial charge < -0.3 is 20.1 Å². The molecule has 2 N–H and O–H groups in total. The van der Waals surface area contributed by atoms with Gasteiger partial charge in [0.2, 0.25) is 0 Å². The zero-order chi connectivity index (χ0) is 22.1. The average Bonchev–Trinajstić information content (AvgIpc) is 2.79. The van der Waals surface area contributed by atoms with Crippen LogP contribution in [0.5, 0.6) is 0 Å². The van der Waals surface area contributed by atoms with Crippen LogP contribution in [0.25, 0.3) is 0 Å². The van der Waals surface area contributed by atoms with Crippen LogP contribution in [0.15, 0.2) is 29.3 Å². The molecule has 0 aliphatic carbocycles. The Hall–Kier alpha value is -0.940. The first-order chi connectivity index (χ1) is 15.0. The lowest BCUT2D eigenvalue weighted by Crippen LogP contribution is -2.52. The number of morpholine rings is 2. The quantitative estimate of drug-likeness (QED) is 0.290. The normalized spacial score (nSPS) is 19.8. The fourth-order valence-electron chi connectivity index (χ4n) is 4.30. The highest BCUT2D eigenvalue weighted by molar-refractivity contribution is 14.0. The van der Waals surface area contributed by atoms with Crippen LogP contribution in [-0.2, 0) is 9.47 Å². The van der Waals surface area contributed by atoms with E-state index in [1.165, 1.54) is 11.1 Å². The molecule has 182 valence electrons. The third-order valence-corrected chi connectivity index (χ3v) is 6.21. The molecule has 2 aliphatic rings. The van der Waals surface area contributed by atoms with E-state index in [2.05, 4.69) is 72.4 Å². The Morgan fingerprint density at radius 2 is 1.72 bits per heavy atom. The standard InChI is InChI=1S/C24H41N5O2.HI/c1-5-25-23(27-19-24(3,4)29-11-15-31-16-12-29)26-18-22(28-9-13-30-14-10-28)21-8-6-7-20(2)17-21;/h6-8,17,22H,5,9-16,18-19H2,1-4H3,(H2,25,26,27);1H. The first-order valence-corrected chi connectivity index (χ1v) is 11.7. The molecule has 7 nitrogen and oxygen atoms in total. The van der Waals surface area contributed by atoms with Gasteiger partial charge in [-0.1, -0.05) is 29.8 Å². The number of halogens is 1. The first kappa shape index (κ1) is 27.3. The molecule has 2 heterocycles. The second-order valence-electron chi connectivity index (χ2n) is 9.07. The van der Waals surface area contributed by atoms with E-state index in [9.17, 15) is 0 Å². The molecule has 3 rings (SSSR count). The number of rotatable bonds is 8. The van der Waals surface area contributed by atoms with E-state index >= 15 is 0 Å². The Morgan fingerprint density at radius 3 is 2.34 bits per heavy atom. The molecule has 0 aromatic heterocycles. The Balaban J connectivity index is 0.00000363. The van der Waals surface area contributed by atoms with Gasteiger partial charge in [-0.2, -0.15) is 0 Å². The Labute approximate surface area is 211 Å². The van der Waals surface area contributed by atoms with Crippen LogP contribution < -0.4 is 10.6 Å². The lowest BCUT2D eigenvalue weighted by molar-refractivity contribution is -0.00684. The summed E-state index contributed by atoms with van der Waals surface area (Å²) < 4.78 is 11.1. The molecule has 1 aromatic carbocycles. The van der Waals surface area contributed by atoms with E-state index in [0.717, 1.165) is 78.2 Å². The molecular formula is C24H42IN5O2. The summed E-state index contributed by atoms with van der Waals surface area (Å²) >= 11 is 0. The predicted molar refractivity (Wildman–Crippen MR) is 142 cm³/mol. The molecule has 1 aromatic rings. The third-order valence-electron chi connectivity index (χ3n) is 6.21. The number of hydrogen-bond acceptors (Lipinski definition) is 5. The van der Waals surface area contributed by atoms with Crippen molar-refractivity contribution in [2.24, 2.45) is 4.99 Å². The summed E-state index contributed by atoms with van der Waals surface area (Å²) in [5.74, 6) is 0.884. The van der Waals surface area contributed by atoms with Crippen molar-refractivity contribution < 1.29 is 9.47 Å². The van der Waals surface area contributed by atoms with E-state index < -0.39 is 0 Å². The van der Waals surface area contributed by atoms with E-state index in [1.807, 2.05) is 0 Å². The second kappa shape index (κ2) is 13.7. The maximum Gasteiger partial charge on any atom is 0.191 e. The Bertz CT molecular complexity index is 703. The van der Waals surface area contributed by atoms with Crippen molar-refractivity contribution in [2.75, 3.05) is 72.2 Å². The first-order valence-electron chi connectivity index (χ1n) is 11.7. The highest BCUT2D eigenvalue weighted by atomic mass is 127. The minimum atomic E-state index is 0. The van der Waals surface area contributed by atoms with E-state index in [4.69, 9.17) is 14.5 Å². The van der Waals surface area contributed by atoms with Crippen molar-refractivity contribution in [1.82, 2.24) is 20.4 Å². The van der Waals surface area contributed by atoms with Crippen LogP contribution in [0, 0.1) is 6.92 Å². The highest BCUT2D eigenvalue weighted by Crippen LogP contribution is 2.22. The van der Waals surface area contributed by atoms with Crippen molar-refractivity contribution in [1.29, 1.82) is 0 Å². The van der Waals surface area contributed by atoms with Gasteiger partial charge >= 0.3 is 0 Å². The minimum Gasteiger partial charge on any atom is -0.379 e. The van der Waals surface area contributed by atoms with Crippen molar-refractivity contribution in [3.8, 4) is 0 Å². The lowest BCUT2D eigenvalue weighted by Gasteiger charge is -2.40. The number of guanidine groups is 1. The van der Waals surface area contributed by atoms with Gasteiger partial charge in [0.05, 0.1) is 39.0 Å². The molecule has 0 radical (unpaired) electrons. The molecule has 1 atom stereocenters. The van der Waals surface area contributed by atoms with E-state index in [0.29, 0.717) is 6.04 Å². The molecule has 2 aliphatic heterocycles. The summed E-state index contributed by atoms with van der Waals surface area (Å²) in [6, 6.07) is 9.14. The Kier molecular flexibility index (Phi) is 11.7. The van der Waals surface area contributed by atoms with Gasteiger partial charge in [-0.25, -0.2) is 0 Å². The number of aliphatic imine (C=N–C) groups is 1. The summed E-state index contributed by atoms with van der Waals surface area (Å²) in [6.07, 6.45) is 0. The minimum absolute atomic E-state index is 0. The van der Waals surface area contributed by atoms with Crippen LogP contribution in [-0.4, -0.2) is 93.5 Å². The van der Waals surface area contributed by atoms with Gasteiger partial charge in [0.1, 0.15) is 0 Å². The fourth-order valence-corrected chi connectivity index (χ4v) is 4.30. The predicted octanol–water partition coefficient (Wildman–Crippen LogP) is 2.65. The van der Waals surface area contributed by atoms with Gasteiger partial charge in [-0.05, 0) is 33.3 Å². The number of ether oxygens (including phenoxy) is 2. The molecule has 2 saturated heterocycles. The number of aryl methyl sites for hydroxylation is 1. The number of nitrogens with one attached hydrogen (secondary N) is 2. The van der Waals surface area contributed by atoms with E-state index in [-0.39, 0.29) is 29.5 Å². The van der Waals surface area contributed by atoms with Gasteiger partial charge in [0, 0.05) is 44.8 Å². The van der Waals surface area contributed by atoms with Crippen LogP contribution in [0.1, 0.15) is 37.9 Å². The van der Waals surface area contributed by atoms with Crippen LogP contribution >= 0.6 is 24.0 Å². The maximum absolute atomic E-state index is 5.60. The number of hydrogen-bond donors (Lipinski definition) is 2. The third kappa shape index (κ3) is 8.13. The van der Waals surface area contributed by atoms with Gasteiger partial charge in [0.25, 0.3) is 0 Å². The second-order valence-corrected chi connectivity index (χ2v) is 9.07. The van der Waals surface area contributed by atoms with Gasteiger partial charge in [-0.15, -0.1) is 24.0 Å². The molecule has 0 spiro atoms. The SMILES string of the molecule is CCNC(=NCC(C)(C)N1CCOCC1)NCC(c1cccc(C)c1)N1CCOCC1.I. The summed E-state index contributed by atoms with van der Waals surface area (Å²) in [5.41, 5.74) is 2.65. The number of benzene rings is 1. The van der Waals surface area contributed by atoms with Gasteiger partial charge in [0.15, 0.2) is 5.96 Å². The molecule has 0 amide bonds. The topological polar surface area (TPSA) is 61.4 Å². The zero-order valence-electron chi connectivity index (χ0n) is 20.2. The molecule has 0 bridgehead atoms. The van der Waals surface area contributed by atoms with Crippen molar-refractivity contribution in [3.05, 3.63) is 35.4 Å².